The Bertz CT molecular complexity index is 1010. The van der Waals surface area contributed by atoms with Crippen LogP contribution in [0.25, 0.3) is 0 Å². The number of aliphatic hydroxyl groups is 2. The third-order valence-electron chi connectivity index (χ3n) is 12.4. The number of carbonyl (C=O) groups excluding carboxylic acids is 2. The molecule has 0 aromatic rings. The Morgan fingerprint density at radius 2 is 0.806 bits per heavy atom. The van der Waals surface area contributed by atoms with Gasteiger partial charge in [-0.05, 0) is 64.2 Å². The predicted octanol–water partition coefficient (Wildman–Crippen LogP) is 16.5. The average Bonchev–Trinajstić information content (AvgIpc) is 3.27. The average molecular weight is 872 g/mol. The molecule has 0 aliphatic rings. The maximum atomic E-state index is 12.4. The number of ether oxygens (including phenoxy) is 1. The van der Waals surface area contributed by atoms with E-state index in [1.54, 1.807) is 6.08 Å². The number of hydrogen-bond acceptors (Lipinski definition) is 5. The molecule has 2 atom stereocenters. The van der Waals surface area contributed by atoms with Gasteiger partial charge in [0.1, 0.15) is 0 Å². The van der Waals surface area contributed by atoms with E-state index in [9.17, 15) is 19.8 Å². The first kappa shape index (κ1) is 60.1. The van der Waals surface area contributed by atoms with Crippen molar-refractivity contribution in [2.75, 3.05) is 13.2 Å². The summed E-state index contributed by atoms with van der Waals surface area (Å²) in [4.78, 5) is 24.4. The number of aliphatic hydroxyl groups excluding tert-OH is 2. The van der Waals surface area contributed by atoms with E-state index in [4.69, 9.17) is 4.74 Å². The minimum absolute atomic E-state index is 0.00739. The van der Waals surface area contributed by atoms with Gasteiger partial charge >= 0.3 is 5.97 Å². The number of hydrogen-bond donors (Lipinski definition) is 3. The summed E-state index contributed by atoms with van der Waals surface area (Å²) >= 11 is 0. The van der Waals surface area contributed by atoms with Gasteiger partial charge in [-0.15, -0.1) is 0 Å². The highest BCUT2D eigenvalue weighted by Gasteiger charge is 2.18. The van der Waals surface area contributed by atoms with Gasteiger partial charge in [0.15, 0.2) is 0 Å². The lowest BCUT2D eigenvalue weighted by Crippen LogP contribution is -2.45. The van der Waals surface area contributed by atoms with Crippen molar-refractivity contribution in [3.05, 3.63) is 36.5 Å². The normalized spacial score (nSPS) is 12.9. The van der Waals surface area contributed by atoms with Crippen LogP contribution in [0.5, 0.6) is 0 Å². The van der Waals surface area contributed by atoms with E-state index in [0.29, 0.717) is 19.4 Å². The van der Waals surface area contributed by atoms with Gasteiger partial charge in [-0.25, -0.2) is 0 Å². The summed E-state index contributed by atoms with van der Waals surface area (Å²) in [6.45, 7) is 4.86. The van der Waals surface area contributed by atoms with Crippen LogP contribution in [0.1, 0.15) is 284 Å². The maximum absolute atomic E-state index is 12.4. The van der Waals surface area contributed by atoms with Crippen molar-refractivity contribution in [1.82, 2.24) is 5.32 Å². The molecule has 1 amide bonds. The fourth-order valence-electron chi connectivity index (χ4n) is 8.19. The zero-order valence-corrected chi connectivity index (χ0v) is 41.4. The number of nitrogens with one attached hydrogen (secondary N) is 1. The quantitative estimate of drug-likeness (QED) is 0.0321. The van der Waals surface area contributed by atoms with Crippen LogP contribution in [0.4, 0.5) is 0 Å². The summed E-state index contributed by atoms with van der Waals surface area (Å²) in [5, 5.41) is 22.9. The van der Waals surface area contributed by atoms with E-state index >= 15 is 0 Å². The molecule has 0 rings (SSSR count). The summed E-state index contributed by atoms with van der Waals surface area (Å²) in [5.41, 5.74) is 0. The zero-order chi connectivity index (χ0) is 45.1. The Kier molecular flexibility index (Phi) is 50.1. The summed E-state index contributed by atoms with van der Waals surface area (Å²) in [6.07, 6.45) is 63.1. The van der Waals surface area contributed by atoms with Gasteiger partial charge in [0.2, 0.25) is 5.91 Å². The van der Waals surface area contributed by atoms with Crippen LogP contribution in [0.2, 0.25) is 0 Å². The summed E-state index contributed by atoms with van der Waals surface area (Å²) in [5.74, 6) is -0.0743. The lowest BCUT2D eigenvalue weighted by Gasteiger charge is -2.20. The summed E-state index contributed by atoms with van der Waals surface area (Å²) in [6, 6.07) is -0.633. The molecule has 0 bridgehead atoms. The molecule has 0 aliphatic carbocycles. The van der Waals surface area contributed by atoms with Crippen molar-refractivity contribution in [1.29, 1.82) is 0 Å². The van der Waals surface area contributed by atoms with Crippen molar-refractivity contribution in [3.8, 4) is 0 Å². The molecule has 2 unspecified atom stereocenters. The second-order valence-corrected chi connectivity index (χ2v) is 18.6. The number of rotatable bonds is 50. The van der Waals surface area contributed by atoms with E-state index in [1.807, 2.05) is 6.08 Å². The lowest BCUT2D eigenvalue weighted by atomic mass is 10.0. The predicted molar refractivity (Wildman–Crippen MR) is 269 cm³/mol. The Balaban J connectivity index is 3.44. The standard InChI is InChI=1S/C56H105NO5/c1-3-5-7-9-11-13-14-26-30-34-38-42-46-50-56(61)62-51-47-43-39-35-31-28-25-23-21-19-17-15-16-18-20-22-24-27-29-33-37-41-45-49-55(60)57-53(52-58)54(59)48-44-40-36-32-12-10-8-6-4-2/h15,17-18,20,44,48,53-54,58-59H,3-14,16,19,21-43,45-47,49-52H2,1-2H3,(H,57,60)/b17-15-,20-18-,48-44+. The van der Waals surface area contributed by atoms with E-state index in [0.717, 1.165) is 57.8 Å². The first-order chi connectivity index (χ1) is 30.5. The maximum Gasteiger partial charge on any atom is 0.305 e. The van der Waals surface area contributed by atoms with Crippen LogP contribution in [0.3, 0.4) is 0 Å². The van der Waals surface area contributed by atoms with Gasteiger partial charge in [0.25, 0.3) is 0 Å². The second kappa shape index (κ2) is 51.7. The van der Waals surface area contributed by atoms with Gasteiger partial charge in [-0.3, -0.25) is 9.59 Å². The van der Waals surface area contributed by atoms with Crippen LogP contribution in [-0.4, -0.2) is 47.4 Å². The first-order valence-corrected chi connectivity index (χ1v) is 27.3. The van der Waals surface area contributed by atoms with E-state index in [1.165, 1.54) is 199 Å². The Morgan fingerprint density at radius 3 is 1.23 bits per heavy atom. The molecule has 0 saturated carbocycles. The minimum Gasteiger partial charge on any atom is -0.466 e. The number of amides is 1. The lowest BCUT2D eigenvalue weighted by molar-refractivity contribution is -0.143. The van der Waals surface area contributed by atoms with Crippen molar-refractivity contribution < 1.29 is 24.5 Å². The zero-order valence-electron chi connectivity index (χ0n) is 41.4. The largest absolute Gasteiger partial charge is 0.466 e. The van der Waals surface area contributed by atoms with Crippen molar-refractivity contribution in [3.63, 3.8) is 0 Å². The Morgan fingerprint density at radius 1 is 0.452 bits per heavy atom. The molecule has 3 N–H and O–H groups in total. The molecule has 0 aromatic heterocycles. The van der Waals surface area contributed by atoms with Gasteiger partial charge in [0, 0.05) is 12.8 Å². The molecule has 0 spiro atoms. The Hall–Kier alpha value is -1.92. The fraction of sp³-hybridized carbons (Fsp3) is 0.857. The van der Waals surface area contributed by atoms with Crippen molar-refractivity contribution in [2.45, 2.75) is 296 Å². The van der Waals surface area contributed by atoms with E-state index in [2.05, 4.69) is 43.5 Å². The van der Waals surface area contributed by atoms with Crippen LogP contribution in [-0.2, 0) is 14.3 Å². The van der Waals surface area contributed by atoms with Crippen LogP contribution >= 0.6 is 0 Å². The molecule has 0 radical (unpaired) electrons. The molecule has 0 heterocycles. The SMILES string of the molecule is CCCCCCCCC/C=C/C(O)C(CO)NC(=O)CCCCCCCCC/C=C\C/C=C\CCCCCCCCCCCOC(=O)CCCCCCCCCCCCCCC. The number of unbranched alkanes of at least 4 members (excludes halogenated alkanes) is 35. The van der Waals surface area contributed by atoms with Crippen molar-refractivity contribution in [2.24, 2.45) is 0 Å². The molecule has 62 heavy (non-hydrogen) atoms. The first-order valence-electron chi connectivity index (χ1n) is 27.3. The summed E-state index contributed by atoms with van der Waals surface area (Å²) in [7, 11) is 0. The molecular formula is C56H105NO5. The topological polar surface area (TPSA) is 95.9 Å². The highest BCUT2D eigenvalue weighted by atomic mass is 16.5. The fourth-order valence-corrected chi connectivity index (χ4v) is 8.19. The third kappa shape index (κ3) is 47.6. The van der Waals surface area contributed by atoms with E-state index < -0.39 is 12.1 Å². The molecular weight excluding hydrogens is 767 g/mol. The molecule has 364 valence electrons. The molecule has 0 saturated heterocycles. The van der Waals surface area contributed by atoms with Crippen molar-refractivity contribution >= 4 is 11.9 Å². The highest BCUT2D eigenvalue weighted by Crippen LogP contribution is 2.15. The summed E-state index contributed by atoms with van der Waals surface area (Å²) < 4.78 is 5.47. The Labute approximate surface area is 385 Å². The highest BCUT2D eigenvalue weighted by molar-refractivity contribution is 5.76. The third-order valence-corrected chi connectivity index (χ3v) is 12.4. The molecule has 6 nitrogen and oxygen atoms in total. The van der Waals surface area contributed by atoms with Crippen LogP contribution in [0.15, 0.2) is 36.5 Å². The van der Waals surface area contributed by atoms with E-state index in [-0.39, 0.29) is 18.5 Å². The number of carbonyl (C=O) groups is 2. The molecule has 0 aliphatic heterocycles. The smallest absolute Gasteiger partial charge is 0.305 e. The van der Waals surface area contributed by atoms with Gasteiger partial charge in [-0.2, -0.15) is 0 Å². The monoisotopic (exact) mass is 872 g/mol. The molecule has 0 aromatic carbocycles. The minimum atomic E-state index is -0.848. The molecule has 0 fully saturated rings. The van der Waals surface area contributed by atoms with Gasteiger partial charge in [0.05, 0.1) is 25.4 Å². The number of allylic oxidation sites excluding steroid dienone is 5. The van der Waals surface area contributed by atoms with Crippen LogP contribution in [0, 0.1) is 0 Å². The van der Waals surface area contributed by atoms with Gasteiger partial charge in [-0.1, -0.05) is 243 Å². The molecule has 6 heteroatoms. The number of esters is 1. The van der Waals surface area contributed by atoms with Crippen LogP contribution < -0.4 is 5.32 Å². The second-order valence-electron chi connectivity index (χ2n) is 18.6. The van der Waals surface area contributed by atoms with Gasteiger partial charge < -0.3 is 20.3 Å².